The quantitative estimate of drug-likeness (QED) is 0.461. The van der Waals surface area contributed by atoms with E-state index in [4.69, 9.17) is 12.2 Å². The minimum atomic E-state index is -1.12. The van der Waals surface area contributed by atoms with Crippen LogP contribution in [0.1, 0.15) is 42.3 Å². The van der Waals surface area contributed by atoms with Crippen molar-refractivity contribution in [2.24, 2.45) is 0 Å². The molecule has 1 saturated heterocycles. The summed E-state index contributed by atoms with van der Waals surface area (Å²) in [5.74, 6) is -2.33. The van der Waals surface area contributed by atoms with Gasteiger partial charge in [0.25, 0.3) is 11.8 Å². The Bertz CT molecular complexity index is 1050. The molecule has 3 rings (SSSR count). The second-order valence-electron chi connectivity index (χ2n) is 7.69. The molecular weight excluding hydrogens is 388 g/mol. The Labute approximate surface area is 173 Å². The molecular formula is C22H20N2O4S. The zero-order chi connectivity index (χ0) is 21.3. The molecule has 1 fully saturated rings. The normalized spacial score (nSPS) is 16.2. The highest BCUT2D eigenvalue weighted by atomic mass is 32.1. The molecule has 6 nitrogen and oxygen atoms in total. The van der Waals surface area contributed by atoms with Crippen LogP contribution in [0.15, 0.2) is 54.1 Å². The van der Waals surface area contributed by atoms with Crippen LogP contribution < -0.4 is 10.2 Å². The lowest BCUT2D eigenvalue weighted by molar-refractivity contribution is -0.122. The summed E-state index contributed by atoms with van der Waals surface area (Å²) in [6.45, 7) is 6.30. The Balaban J connectivity index is 1.98. The van der Waals surface area contributed by atoms with Crippen LogP contribution in [0.4, 0.5) is 5.69 Å². The molecule has 148 valence electrons. The Hall–Kier alpha value is -3.32. The fourth-order valence-corrected chi connectivity index (χ4v) is 3.20. The van der Waals surface area contributed by atoms with E-state index >= 15 is 0 Å². The predicted octanol–water partition coefficient (Wildman–Crippen LogP) is 3.51. The van der Waals surface area contributed by atoms with Gasteiger partial charge in [-0.1, -0.05) is 51.1 Å². The highest BCUT2D eigenvalue weighted by Gasteiger charge is 2.34. The van der Waals surface area contributed by atoms with E-state index in [1.807, 2.05) is 24.3 Å². The number of thiocarbonyl (C=S) groups is 1. The van der Waals surface area contributed by atoms with Gasteiger partial charge in [0.1, 0.15) is 5.57 Å². The van der Waals surface area contributed by atoms with E-state index in [2.05, 4.69) is 26.1 Å². The van der Waals surface area contributed by atoms with Gasteiger partial charge in [-0.25, -0.2) is 4.79 Å². The van der Waals surface area contributed by atoms with E-state index in [-0.39, 0.29) is 27.4 Å². The second-order valence-corrected chi connectivity index (χ2v) is 8.07. The van der Waals surface area contributed by atoms with Crippen LogP contribution in [0, 0.1) is 0 Å². The number of nitrogens with zero attached hydrogens (tertiary/aromatic N) is 1. The molecule has 0 saturated carbocycles. The van der Waals surface area contributed by atoms with Gasteiger partial charge in [-0.2, -0.15) is 0 Å². The molecule has 1 aliphatic rings. The zero-order valence-corrected chi connectivity index (χ0v) is 17.0. The molecule has 2 aromatic rings. The van der Waals surface area contributed by atoms with Gasteiger partial charge in [-0.3, -0.25) is 19.8 Å². The second kappa shape index (κ2) is 7.60. The fourth-order valence-electron chi connectivity index (χ4n) is 2.92. The van der Waals surface area contributed by atoms with Crippen LogP contribution in [0.3, 0.4) is 0 Å². The molecule has 2 N–H and O–H groups in total. The number of rotatable bonds is 3. The Morgan fingerprint density at radius 2 is 1.76 bits per heavy atom. The first-order valence-electron chi connectivity index (χ1n) is 8.93. The number of carbonyl (C=O) groups excluding carboxylic acids is 2. The monoisotopic (exact) mass is 408 g/mol. The van der Waals surface area contributed by atoms with Gasteiger partial charge in [0, 0.05) is 0 Å². The molecule has 1 heterocycles. The largest absolute Gasteiger partial charge is 0.478 e. The third-order valence-electron chi connectivity index (χ3n) is 4.54. The maximum Gasteiger partial charge on any atom is 0.335 e. The molecule has 0 aliphatic carbocycles. The maximum atomic E-state index is 13.0. The molecule has 0 spiro atoms. The molecule has 0 aromatic heterocycles. The molecule has 0 bridgehead atoms. The van der Waals surface area contributed by atoms with Crippen LogP contribution in [-0.4, -0.2) is 28.0 Å². The van der Waals surface area contributed by atoms with Crippen molar-refractivity contribution in [3.05, 3.63) is 70.8 Å². The summed E-state index contributed by atoms with van der Waals surface area (Å²) in [4.78, 5) is 37.8. The van der Waals surface area contributed by atoms with Crippen molar-refractivity contribution in [3.8, 4) is 0 Å². The van der Waals surface area contributed by atoms with Crippen LogP contribution in [0.5, 0.6) is 0 Å². The predicted molar refractivity (Wildman–Crippen MR) is 115 cm³/mol. The van der Waals surface area contributed by atoms with E-state index in [1.54, 1.807) is 6.07 Å². The van der Waals surface area contributed by atoms with Crippen molar-refractivity contribution in [3.63, 3.8) is 0 Å². The van der Waals surface area contributed by atoms with Crippen LogP contribution in [-0.2, 0) is 15.0 Å². The highest BCUT2D eigenvalue weighted by molar-refractivity contribution is 7.80. The number of hydrogen-bond acceptors (Lipinski definition) is 4. The molecule has 2 aromatic carbocycles. The number of hydrogen-bond donors (Lipinski definition) is 2. The summed E-state index contributed by atoms with van der Waals surface area (Å²) >= 11 is 5.15. The van der Waals surface area contributed by atoms with Crippen LogP contribution in [0.25, 0.3) is 6.08 Å². The molecule has 2 amide bonds. The molecule has 1 aliphatic heterocycles. The first-order valence-corrected chi connectivity index (χ1v) is 9.34. The topological polar surface area (TPSA) is 86.7 Å². The standard InChI is InChI=1S/C22H20N2O4S/c1-22(2,3)15-9-7-13(8-10-15)11-17-18(25)23-21(29)24(19(17)26)16-6-4-5-14(12-16)20(27)28/h4-12H,1-3H3,(H,27,28)(H,23,25,29). The summed E-state index contributed by atoms with van der Waals surface area (Å²) in [6.07, 6.45) is 1.50. The van der Waals surface area contributed by atoms with E-state index in [1.165, 1.54) is 24.3 Å². The molecule has 0 atom stereocenters. The number of amides is 2. The number of carboxylic acid groups (broad SMARTS) is 1. The Kier molecular flexibility index (Phi) is 5.35. The van der Waals surface area contributed by atoms with E-state index in [0.29, 0.717) is 5.56 Å². The zero-order valence-electron chi connectivity index (χ0n) is 16.2. The van der Waals surface area contributed by atoms with Gasteiger partial charge in [0.05, 0.1) is 11.3 Å². The van der Waals surface area contributed by atoms with Gasteiger partial charge >= 0.3 is 5.97 Å². The van der Waals surface area contributed by atoms with E-state index in [0.717, 1.165) is 10.5 Å². The van der Waals surface area contributed by atoms with Gasteiger partial charge < -0.3 is 5.11 Å². The lowest BCUT2D eigenvalue weighted by Gasteiger charge is -2.29. The van der Waals surface area contributed by atoms with Crippen LogP contribution in [0.2, 0.25) is 0 Å². The lowest BCUT2D eigenvalue weighted by Crippen LogP contribution is -2.54. The third-order valence-corrected chi connectivity index (χ3v) is 4.83. The summed E-state index contributed by atoms with van der Waals surface area (Å²) in [5.41, 5.74) is 2.02. The smallest absolute Gasteiger partial charge is 0.335 e. The van der Waals surface area contributed by atoms with Gasteiger partial charge in [0.2, 0.25) is 0 Å². The number of carbonyl (C=O) groups is 3. The number of nitrogens with one attached hydrogen (secondary N) is 1. The first kappa shape index (κ1) is 20.4. The summed E-state index contributed by atoms with van der Waals surface area (Å²) in [7, 11) is 0. The first-order chi connectivity index (χ1) is 13.6. The average Bonchev–Trinajstić information content (AvgIpc) is 2.65. The lowest BCUT2D eigenvalue weighted by atomic mass is 9.86. The van der Waals surface area contributed by atoms with Crippen molar-refractivity contribution in [1.29, 1.82) is 0 Å². The van der Waals surface area contributed by atoms with Crippen molar-refractivity contribution in [1.82, 2.24) is 5.32 Å². The minimum absolute atomic E-state index is 0.0121. The van der Waals surface area contributed by atoms with Crippen molar-refractivity contribution in [2.45, 2.75) is 26.2 Å². The van der Waals surface area contributed by atoms with Crippen LogP contribution >= 0.6 is 12.2 Å². The Morgan fingerprint density at radius 1 is 1.10 bits per heavy atom. The minimum Gasteiger partial charge on any atom is -0.478 e. The maximum absolute atomic E-state index is 13.0. The van der Waals surface area contributed by atoms with E-state index in [9.17, 15) is 19.5 Å². The summed E-state index contributed by atoms with van der Waals surface area (Å²) < 4.78 is 0. The summed E-state index contributed by atoms with van der Waals surface area (Å²) in [6, 6.07) is 13.4. The van der Waals surface area contributed by atoms with Crippen molar-refractivity contribution in [2.75, 3.05) is 4.90 Å². The average molecular weight is 408 g/mol. The fraction of sp³-hybridized carbons (Fsp3) is 0.182. The molecule has 29 heavy (non-hydrogen) atoms. The summed E-state index contributed by atoms with van der Waals surface area (Å²) in [5, 5.41) is 11.6. The molecule has 0 radical (unpaired) electrons. The van der Waals surface area contributed by atoms with Crippen molar-refractivity contribution >= 4 is 46.9 Å². The number of aromatic carboxylic acids is 1. The van der Waals surface area contributed by atoms with Crippen molar-refractivity contribution < 1.29 is 19.5 Å². The highest BCUT2D eigenvalue weighted by Crippen LogP contribution is 2.25. The SMILES string of the molecule is CC(C)(C)c1ccc(C=C2C(=O)NC(=S)N(c3cccc(C(=O)O)c3)C2=O)cc1. The van der Waals surface area contributed by atoms with Gasteiger partial charge in [0.15, 0.2) is 5.11 Å². The third kappa shape index (κ3) is 4.25. The van der Waals surface area contributed by atoms with E-state index < -0.39 is 17.8 Å². The number of carboxylic acids is 1. The molecule has 7 heteroatoms. The Morgan fingerprint density at radius 3 is 2.34 bits per heavy atom. The van der Waals surface area contributed by atoms with Gasteiger partial charge in [-0.05, 0) is 53.0 Å². The number of benzene rings is 2. The molecule has 0 unspecified atom stereocenters. The van der Waals surface area contributed by atoms with Gasteiger partial charge in [-0.15, -0.1) is 0 Å². The number of anilines is 1.